The molecule has 5 nitrogen and oxygen atoms in total. The van der Waals surface area contributed by atoms with Crippen LogP contribution in [0.3, 0.4) is 0 Å². The molecule has 6 heteroatoms. The average Bonchev–Trinajstić information content (AvgIpc) is 2.48. The minimum absolute atomic E-state index is 0.166. The van der Waals surface area contributed by atoms with Crippen LogP contribution in [0.25, 0.3) is 0 Å². The second-order valence-electron chi connectivity index (χ2n) is 5.58. The Morgan fingerprint density at radius 3 is 2.50 bits per heavy atom. The lowest BCUT2D eigenvalue weighted by atomic mass is 9.74. The van der Waals surface area contributed by atoms with Crippen LogP contribution in [0.1, 0.15) is 19.3 Å². The lowest BCUT2D eigenvalue weighted by molar-refractivity contribution is -0.147. The maximum Gasteiger partial charge on any atom is 0.308 e. The Hall–Kier alpha value is -1.40. The van der Waals surface area contributed by atoms with Crippen LogP contribution in [-0.4, -0.2) is 36.4 Å². The zero-order valence-corrected chi connectivity index (χ0v) is 11.8. The molecule has 1 aromatic carbocycles. The first-order valence-electron chi connectivity index (χ1n) is 6.80. The number of hydrogen-bond donors (Lipinski definition) is 1. The van der Waals surface area contributed by atoms with E-state index >= 15 is 0 Å². The molecule has 20 heavy (non-hydrogen) atoms. The van der Waals surface area contributed by atoms with Gasteiger partial charge in [0.05, 0.1) is 10.8 Å². The molecule has 108 valence electrons. The zero-order chi connectivity index (χ0) is 14.3. The lowest BCUT2D eigenvalue weighted by Crippen LogP contribution is -2.56. The minimum atomic E-state index is -3.59. The van der Waals surface area contributed by atoms with Crippen molar-refractivity contribution in [2.75, 3.05) is 6.54 Å². The molecule has 0 aromatic heterocycles. The molecule has 3 fully saturated rings. The summed E-state index contributed by atoms with van der Waals surface area (Å²) in [5.74, 6) is -1.28. The fourth-order valence-electron chi connectivity index (χ4n) is 3.41. The van der Waals surface area contributed by atoms with Crippen LogP contribution in [0.2, 0.25) is 0 Å². The Morgan fingerprint density at radius 2 is 1.90 bits per heavy atom. The van der Waals surface area contributed by atoms with Crippen LogP contribution in [0.4, 0.5) is 0 Å². The van der Waals surface area contributed by atoms with Gasteiger partial charge in [-0.3, -0.25) is 4.79 Å². The van der Waals surface area contributed by atoms with E-state index in [1.165, 1.54) is 4.31 Å². The van der Waals surface area contributed by atoms with Gasteiger partial charge in [-0.25, -0.2) is 8.42 Å². The van der Waals surface area contributed by atoms with Gasteiger partial charge in [-0.15, -0.1) is 0 Å². The monoisotopic (exact) mass is 295 g/mol. The van der Waals surface area contributed by atoms with Crippen LogP contribution in [0, 0.1) is 11.8 Å². The Kier molecular flexibility index (Phi) is 3.30. The summed E-state index contributed by atoms with van der Waals surface area (Å²) in [6.45, 7) is 0.450. The molecular formula is C14H17NO4S. The highest BCUT2D eigenvalue weighted by Crippen LogP contribution is 2.41. The van der Waals surface area contributed by atoms with E-state index in [0.717, 1.165) is 6.42 Å². The number of carboxylic acids is 1. The number of aliphatic carboxylic acids is 1. The van der Waals surface area contributed by atoms with Gasteiger partial charge in [-0.1, -0.05) is 18.2 Å². The molecule has 1 saturated carbocycles. The largest absolute Gasteiger partial charge is 0.481 e. The van der Waals surface area contributed by atoms with Crippen LogP contribution < -0.4 is 0 Å². The van der Waals surface area contributed by atoms with E-state index in [1.807, 2.05) is 0 Å². The number of carboxylic acid groups (broad SMARTS) is 1. The molecule has 0 unspecified atom stereocenters. The average molecular weight is 295 g/mol. The molecule has 2 bridgehead atoms. The van der Waals surface area contributed by atoms with Gasteiger partial charge in [0.1, 0.15) is 0 Å². The van der Waals surface area contributed by atoms with Crippen molar-refractivity contribution in [2.24, 2.45) is 11.8 Å². The third kappa shape index (κ3) is 2.13. The molecule has 1 aliphatic carbocycles. The van der Waals surface area contributed by atoms with Gasteiger partial charge in [-0.2, -0.15) is 4.31 Å². The van der Waals surface area contributed by atoms with Crippen molar-refractivity contribution in [3.8, 4) is 0 Å². The molecule has 2 saturated heterocycles. The second-order valence-corrected chi connectivity index (χ2v) is 7.47. The van der Waals surface area contributed by atoms with E-state index in [-0.39, 0.29) is 10.8 Å². The molecule has 1 N–H and O–H groups in total. The maximum atomic E-state index is 12.7. The normalized spacial score (nSPS) is 30.3. The van der Waals surface area contributed by atoms with Crippen LogP contribution in [0.15, 0.2) is 35.2 Å². The number of rotatable bonds is 3. The highest BCUT2D eigenvalue weighted by Gasteiger charge is 2.48. The molecular weight excluding hydrogens is 278 g/mol. The number of hydrogen-bond acceptors (Lipinski definition) is 3. The Morgan fingerprint density at radius 1 is 1.20 bits per heavy atom. The highest BCUT2D eigenvalue weighted by atomic mass is 32.2. The SMILES string of the molecule is O=C(O)[C@@H]1C[C@@H]2CC[C@H]1N(S(=O)(=O)c1ccccc1)C2. The van der Waals surface area contributed by atoms with Crippen LogP contribution in [0.5, 0.6) is 0 Å². The quantitative estimate of drug-likeness (QED) is 0.918. The van der Waals surface area contributed by atoms with Gasteiger partial charge in [0.15, 0.2) is 0 Å². The number of sulfonamides is 1. The predicted molar refractivity (Wildman–Crippen MR) is 72.6 cm³/mol. The second kappa shape index (κ2) is 4.86. The summed E-state index contributed by atoms with van der Waals surface area (Å²) in [6.07, 6.45) is 2.17. The third-order valence-electron chi connectivity index (χ3n) is 4.40. The number of carbonyl (C=O) groups is 1. The van der Waals surface area contributed by atoms with Crippen molar-refractivity contribution in [3.05, 3.63) is 30.3 Å². The summed E-state index contributed by atoms with van der Waals surface area (Å²) >= 11 is 0. The lowest BCUT2D eigenvalue weighted by Gasteiger charge is -2.47. The number of fused-ring (bicyclic) bond motifs is 3. The van der Waals surface area contributed by atoms with E-state index < -0.39 is 28.0 Å². The van der Waals surface area contributed by atoms with Gasteiger partial charge in [0.2, 0.25) is 10.0 Å². The third-order valence-corrected chi connectivity index (χ3v) is 6.30. The molecule has 3 aliphatic rings. The minimum Gasteiger partial charge on any atom is -0.481 e. The molecule has 4 rings (SSSR count). The fraction of sp³-hybridized carbons (Fsp3) is 0.500. The van der Waals surface area contributed by atoms with E-state index in [4.69, 9.17) is 0 Å². The fourth-order valence-corrected chi connectivity index (χ4v) is 5.20. The molecule has 0 spiro atoms. The summed E-state index contributed by atoms with van der Waals surface area (Å²) in [5.41, 5.74) is 0. The van der Waals surface area contributed by atoms with Crippen molar-refractivity contribution in [1.29, 1.82) is 0 Å². The number of nitrogens with zero attached hydrogens (tertiary/aromatic N) is 1. The van der Waals surface area contributed by atoms with Crippen molar-refractivity contribution in [1.82, 2.24) is 4.31 Å². The molecule has 0 radical (unpaired) electrons. The highest BCUT2D eigenvalue weighted by molar-refractivity contribution is 7.89. The Bertz CT molecular complexity index is 613. The molecule has 3 atom stereocenters. The topological polar surface area (TPSA) is 74.7 Å². The first kappa shape index (κ1) is 13.6. The zero-order valence-electron chi connectivity index (χ0n) is 11.0. The first-order valence-corrected chi connectivity index (χ1v) is 8.24. The summed E-state index contributed by atoms with van der Waals surface area (Å²) in [5, 5.41) is 9.29. The van der Waals surface area contributed by atoms with Gasteiger partial charge < -0.3 is 5.11 Å². The van der Waals surface area contributed by atoms with E-state index in [2.05, 4.69) is 0 Å². The predicted octanol–water partition coefficient (Wildman–Crippen LogP) is 1.56. The van der Waals surface area contributed by atoms with Crippen molar-refractivity contribution >= 4 is 16.0 Å². The van der Waals surface area contributed by atoms with Gasteiger partial charge >= 0.3 is 5.97 Å². The van der Waals surface area contributed by atoms with Crippen LogP contribution in [-0.2, 0) is 14.8 Å². The van der Waals surface area contributed by atoms with Gasteiger partial charge in [0.25, 0.3) is 0 Å². The summed E-state index contributed by atoms with van der Waals surface area (Å²) < 4.78 is 26.8. The van der Waals surface area contributed by atoms with Crippen molar-refractivity contribution in [2.45, 2.75) is 30.2 Å². The maximum absolute atomic E-state index is 12.7. The van der Waals surface area contributed by atoms with E-state index in [1.54, 1.807) is 30.3 Å². The van der Waals surface area contributed by atoms with Gasteiger partial charge in [0, 0.05) is 12.6 Å². The molecule has 1 aromatic rings. The van der Waals surface area contributed by atoms with Crippen molar-refractivity contribution < 1.29 is 18.3 Å². The standard InChI is InChI=1S/C14H17NO4S/c16-14(17)12-8-10-6-7-13(12)15(9-10)20(18,19)11-4-2-1-3-5-11/h1-5,10,12-13H,6-9H2,(H,16,17)/t10-,12+,13+/m0/s1. The van der Waals surface area contributed by atoms with Crippen molar-refractivity contribution in [3.63, 3.8) is 0 Å². The van der Waals surface area contributed by atoms with Gasteiger partial charge in [-0.05, 0) is 37.3 Å². The summed E-state index contributed by atoms with van der Waals surface area (Å²) in [6, 6.07) is 7.86. The molecule has 0 amide bonds. The van der Waals surface area contributed by atoms with E-state index in [0.29, 0.717) is 19.4 Å². The smallest absolute Gasteiger partial charge is 0.308 e. The Labute approximate surface area is 118 Å². The molecule has 2 aliphatic heterocycles. The molecule has 2 heterocycles. The first-order chi connectivity index (χ1) is 9.50. The Balaban J connectivity index is 1.96. The summed E-state index contributed by atoms with van der Waals surface area (Å²) in [7, 11) is -3.59. The van der Waals surface area contributed by atoms with E-state index in [9.17, 15) is 18.3 Å². The number of benzene rings is 1. The number of piperidine rings is 2. The summed E-state index contributed by atoms with van der Waals surface area (Å²) in [4.78, 5) is 11.6. The van der Waals surface area contributed by atoms with Crippen LogP contribution >= 0.6 is 0 Å².